The van der Waals surface area contributed by atoms with Crippen LogP contribution in [0.1, 0.15) is 34.0 Å². The number of nitrogens with zero attached hydrogens (tertiary/aromatic N) is 2. The Kier molecular flexibility index (Phi) is 7.09. The van der Waals surface area contributed by atoms with Gasteiger partial charge in [0, 0.05) is 12.7 Å². The zero-order valence-electron chi connectivity index (χ0n) is 18.8. The van der Waals surface area contributed by atoms with E-state index in [1.54, 1.807) is 19.2 Å². The molecule has 1 amide bonds. The average molecular weight is 446 g/mol. The van der Waals surface area contributed by atoms with E-state index >= 15 is 0 Å². The smallest absolute Gasteiger partial charge is 0.286 e. The first kappa shape index (κ1) is 22.2. The molecule has 0 saturated carbocycles. The summed E-state index contributed by atoms with van der Waals surface area (Å²) in [5.74, 6) is 1.85. The van der Waals surface area contributed by atoms with E-state index in [0.29, 0.717) is 23.8 Å². The molecule has 0 aliphatic rings. The number of carbonyl (C=O) groups excluding carboxylic acids is 1. The number of hydrogen-bond donors (Lipinski definition) is 1. The van der Waals surface area contributed by atoms with Crippen molar-refractivity contribution in [1.29, 1.82) is 0 Å². The summed E-state index contributed by atoms with van der Waals surface area (Å²) in [5.41, 5.74) is 3.20. The maximum atomic E-state index is 12.4. The van der Waals surface area contributed by atoms with Gasteiger partial charge >= 0.3 is 0 Å². The lowest BCUT2D eigenvalue weighted by Gasteiger charge is -2.08. The van der Waals surface area contributed by atoms with Crippen LogP contribution in [0.5, 0.6) is 11.5 Å². The molecule has 0 saturated heterocycles. The number of ether oxygens (including phenoxy) is 2. The van der Waals surface area contributed by atoms with Crippen LogP contribution in [0.4, 0.5) is 0 Å². The van der Waals surface area contributed by atoms with Crippen LogP contribution in [0, 0.1) is 6.92 Å². The molecule has 7 nitrogen and oxygen atoms in total. The minimum atomic E-state index is -0.241. The Morgan fingerprint density at radius 1 is 1.03 bits per heavy atom. The quantitative estimate of drug-likeness (QED) is 0.357. The summed E-state index contributed by atoms with van der Waals surface area (Å²) in [6.45, 7) is 2.76. The van der Waals surface area contributed by atoms with Crippen molar-refractivity contribution in [3.63, 3.8) is 0 Å². The zero-order valence-corrected chi connectivity index (χ0v) is 18.8. The number of hydrogen-bond acceptors (Lipinski definition) is 5. The Morgan fingerprint density at radius 3 is 2.58 bits per heavy atom. The van der Waals surface area contributed by atoms with E-state index < -0.39 is 0 Å². The molecule has 2 heterocycles. The molecule has 4 rings (SSSR count). The molecule has 0 radical (unpaired) electrons. The van der Waals surface area contributed by atoms with Crippen molar-refractivity contribution in [2.45, 2.75) is 26.4 Å². The highest BCUT2D eigenvalue weighted by Gasteiger charge is 2.12. The number of amides is 1. The number of benzene rings is 2. The Morgan fingerprint density at radius 2 is 1.79 bits per heavy atom. The molecular weight excluding hydrogens is 418 g/mol. The van der Waals surface area contributed by atoms with Gasteiger partial charge in [-0.25, -0.2) is 4.68 Å². The summed E-state index contributed by atoms with van der Waals surface area (Å²) in [7, 11) is 1.59. The van der Waals surface area contributed by atoms with Gasteiger partial charge in [0.1, 0.15) is 12.4 Å². The Hall–Kier alpha value is -4.00. The third-order valence-electron chi connectivity index (χ3n) is 5.25. The lowest BCUT2D eigenvalue weighted by Crippen LogP contribution is -2.24. The van der Waals surface area contributed by atoms with E-state index in [1.807, 2.05) is 72.4 Å². The molecule has 0 bridgehead atoms. The second-order valence-corrected chi connectivity index (χ2v) is 7.58. The highest BCUT2D eigenvalue weighted by Crippen LogP contribution is 2.26. The number of methoxy groups -OCH3 is 1. The predicted octanol–water partition coefficient (Wildman–Crippen LogP) is 4.72. The second kappa shape index (κ2) is 10.5. The minimum absolute atomic E-state index is 0.207. The van der Waals surface area contributed by atoms with Crippen LogP contribution in [0.15, 0.2) is 77.3 Å². The number of rotatable bonds is 10. The topological polar surface area (TPSA) is 78.5 Å². The van der Waals surface area contributed by atoms with Gasteiger partial charge in [-0.15, -0.1) is 0 Å². The molecule has 0 atom stereocenters. The lowest BCUT2D eigenvalue weighted by molar-refractivity contribution is 0.0921. The molecule has 7 heteroatoms. The number of furan rings is 1. The van der Waals surface area contributed by atoms with Gasteiger partial charge in [-0.3, -0.25) is 4.79 Å². The highest BCUT2D eigenvalue weighted by molar-refractivity contribution is 5.91. The third kappa shape index (κ3) is 5.63. The summed E-state index contributed by atoms with van der Waals surface area (Å²) in [6.07, 6.45) is 3.68. The Labute approximate surface area is 192 Å². The van der Waals surface area contributed by atoms with Crippen LogP contribution >= 0.6 is 0 Å². The molecule has 0 spiro atoms. The Bertz CT molecular complexity index is 1200. The van der Waals surface area contributed by atoms with Crippen molar-refractivity contribution in [2.24, 2.45) is 0 Å². The minimum Gasteiger partial charge on any atom is -0.493 e. The average Bonchev–Trinajstić information content (AvgIpc) is 3.48. The lowest BCUT2D eigenvalue weighted by atomic mass is 10.1. The third-order valence-corrected chi connectivity index (χ3v) is 5.25. The first-order chi connectivity index (χ1) is 16.1. The fourth-order valence-corrected chi connectivity index (χ4v) is 3.49. The van der Waals surface area contributed by atoms with Crippen molar-refractivity contribution < 1.29 is 18.7 Å². The molecule has 0 fully saturated rings. The normalized spacial score (nSPS) is 10.7. The Balaban J connectivity index is 1.24. The van der Waals surface area contributed by atoms with Gasteiger partial charge < -0.3 is 19.2 Å². The molecule has 2 aromatic carbocycles. The predicted molar refractivity (Wildman–Crippen MR) is 125 cm³/mol. The van der Waals surface area contributed by atoms with Crippen LogP contribution in [0.3, 0.4) is 0 Å². The summed E-state index contributed by atoms with van der Waals surface area (Å²) in [5, 5.41) is 7.50. The van der Waals surface area contributed by atoms with E-state index in [9.17, 15) is 4.79 Å². The summed E-state index contributed by atoms with van der Waals surface area (Å²) in [6, 6.07) is 20.8. The number of aromatic nitrogens is 2. The molecule has 33 heavy (non-hydrogen) atoms. The van der Waals surface area contributed by atoms with Crippen LogP contribution in [0.2, 0.25) is 0 Å². The molecule has 2 aromatic heterocycles. The molecular formula is C26H27N3O4. The number of carbonyl (C=O) groups is 1. The standard InChI is InChI=1S/C26H27N3O4/c1-19-20(17-29(28-19)21-10-4-3-5-11-21)9-8-16-27-26(30)25-15-14-22(33-25)18-32-24-13-7-6-12-23(24)31-2/h3-7,10-15,17H,8-9,16,18H2,1-2H3,(H,27,30). The summed E-state index contributed by atoms with van der Waals surface area (Å²) >= 11 is 0. The van der Waals surface area contributed by atoms with E-state index in [-0.39, 0.29) is 18.3 Å². The second-order valence-electron chi connectivity index (χ2n) is 7.58. The summed E-state index contributed by atoms with van der Waals surface area (Å²) in [4.78, 5) is 12.4. The first-order valence-corrected chi connectivity index (χ1v) is 10.9. The van der Waals surface area contributed by atoms with Crippen LogP contribution in [-0.4, -0.2) is 29.3 Å². The zero-order chi connectivity index (χ0) is 23.0. The maximum absolute atomic E-state index is 12.4. The van der Waals surface area contributed by atoms with Gasteiger partial charge in [0.15, 0.2) is 17.3 Å². The van der Waals surface area contributed by atoms with Crippen LogP contribution in [-0.2, 0) is 13.0 Å². The van der Waals surface area contributed by atoms with Gasteiger partial charge in [0.05, 0.1) is 18.5 Å². The van der Waals surface area contributed by atoms with Crippen molar-refractivity contribution in [3.8, 4) is 17.2 Å². The number of nitrogens with one attached hydrogen (secondary N) is 1. The van der Waals surface area contributed by atoms with Crippen molar-refractivity contribution in [2.75, 3.05) is 13.7 Å². The molecule has 0 unspecified atom stereocenters. The number of aryl methyl sites for hydroxylation is 2. The van der Waals surface area contributed by atoms with Gasteiger partial charge in [-0.2, -0.15) is 5.10 Å². The first-order valence-electron chi connectivity index (χ1n) is 10.9. The van der Waals surface area contributed by atoms with Gasteiger partial charge in [0.2, 0.25) is 0 Å². The fraction of sp³-hybridized carbons (Fsp3) is 0.231. The van der Waals surface area contributed by atoms with Crippen LogP contribution in [0.25, 0.3) is 5.69 Å². The van der Waals surface area contributed by atoms with Crippen molar-refractivity contribution in [3.05, 3.63) is 95.7 Å². The molecule has 0 aliphatic carbocycles. The molecule has 1 N–H and O–H groups in total. The van der Waals surface area contributed by atoms with Gasteiger partial charge in [-0.1, -0.05) is 30.3 Å². The monoisotopic (exact) mass is 445 g/mol. The highest BCUT2D eigenvalue weighted by atomic mass is 16.5. The maximum Gasteiger partial charge on any atom is 0.286 e. The largest absolute Gasteiger partial charge is 0.493 e. The molecule has 0 aliphatic heterocycles. The van der Waals surface area contributed by atoms with E-state index in [2.05, 4.69) is 10.4 Å². The van der Waals surface area contributed by atoms with Crippen molar-refractivity contribution in [1.82, 2.24) is 15.1 Å². The SMILES string of the molecule is COc1ccccc1OCc1ccc(C(=O)NCCCc2cn(-c3ccccc3)nc2C)o1. The van der Waals surface area contributed by atoms with E-state index in [1.165, 1.54) is 5.56 Å². The van der Waals surface area contributed by atoms with E-state index in [0.717, 1.165) is 24.2 Å². The van der Waals surface area contributed by atoms with E-state index in [4.69, 9.17) is 13.9 Å². The van der Waals surface area contributed by atoms with Crippen LogP contribution < -0.4 is 14.8 Å². The van der Waals surface area contributed by atoms with Gasteiger partial charge in [0.25, 0.3) is 5.91 Å². The summed E-state index contributed by atoms with van der Waals surface area (Å²) < 4.78 is 18.5. The number of para-hydroxylation sites is 3. The fourth-order valence-electron chi connectivity index (χ4n) is 3.49. The molecule has 170 valence electrons. The van der Waals surface area contributed by atoms with Gasteiger partial charge in [-0.05, 0) is 61.7 Å². The molecule has 4 aromatic rings. The van der Waals surface area contributed by atoms with Crippen molar-refractivity contribution >= 4 is 5.91 Å².